The molecule has 2 aromatic carbocycles. The molecule has 20 heavy (non-hydrogen) atoms. The van der Waals surface area contributed by atoms with Crippen molar-refractivity contribution < 1.29 is 9.50 Å². The van der Waals surface area contributed by atoms with Crippen molar-refractivity contribution >= 4 is 26.8 Å². The first-order valence-corrected chi connectivity index (χ1v) is 7.10. The van der Waals surface area contributed by atoms with Gasteiger partial charge in [0, 0.05) is 27.1 Å². The Morgan fingerprint density at radius 1 is 1.10 bits per heavy atom. The van der Waals surface area contributed by atoms with Gasteiger partial charge in [-0.3, -0.25) is 0 Å². The maximum atomic E-state index is 13.9. The van der Waals surface area contributed by atoms with Crippen molar-refractivity contribution in [2.45, 2.75) is 13.2 Å². The van der Waals surface area contributed by atoms with Crippen LogP contribution in [0.1, 0.15) is 11.1 Å². The highest BCUT2D eigenvalue weighted by atomic mass is 79.9. The molecular formula is C16H13BrFNO. The van der Waals surface area contributed by atoms with Gasteiger partial charge in [-0.1, -0.05) is 34.1 Å². The topological polar surface area (TPSA) is 25.2 Å². The summed E-state index contributed by atoms with van der Waals surface area (Å²) in [7, 11) is 0. The van der Waals surface area contributed by atoms with Crippen LogP contribution in [0.4, 0.5) is 4.39 Å². The van der Waals surface area contributed by atoms with E-state index in [0.29, 0.717) is 12.1 Å². The predicted octanol–water partition coefficient (Wildman–Crippen LogP) is 4.08. The first-order valence-electron chi connectivity index (χ1n) is 6.30. The van der Waals surface area contributed by atoms with Gasteiger partial charge in [0.15, 0.2) is 0 Å². The van der Waals surface area contributed by atoms with Gasteiger partial charge in [0.2, 0.25) is 0 Å². The van der Waals surface area contributed by atoms with Crippen molar-refractivity contribution in [2.75, 3.05) is 0 Å². The molecule has 1 N–H and O–H groups in total. The number of rotatable bonds is 3. The van der Waals surface area contributed by atoms with Crippen LogP contribution in [0.5, 0.6) is 0 Å². The molecule has 102 valence electrons. The Hall–Kier alpha value is -1.65. The minimum atomic E-state index is -0.223. The number of aliphatic hydroxyl groups is 1. The molecule has 0 saturated heterocycles. The van der Waals surface area contributed by atoms with E-state index in [1.54, 1.807) is 6.07 Å². The van der Waals surface area contributed by atoms with E-state index in [2.05, 4.69) is 15.9 Å². The van der Waals surface area contributed by atoms with Gasteiger partial charge in [0.05, 0.1) is 13.2 Å². The minimum Gasteiger partial charge on any atom is -0.392 e. The molecule has 2 nitrogen and oxygen atoms in total. The Morgan fingerprint density at radius 2 is 1.95 bits per heavy atom. The summed E-state index contributed by atoms with van der Waals surface area (Å²) in [6, 6.07) is 12.8. The highest BCUT2D eigenvalue weighted by Crippen LogP contribution is 2.23. The second-order valence-electron chi connectivity index (χ2n) is 4.69. The average molecular weight is 334 g/mol. The summed E-state index contributed by atoms with van der Waals surface area (Å²) < 4.78 is 16.6. The molecule has 0 amide bonds. The summed E-state index contributed by atoms with van der Waals surface area (Å²) in [6.45, 7) is 0.478. The first kappa shape index (κ1) is 13.3. The molecular weight excluding hydrogens is 321 g/mol. The standard InChI is InChI=1S/C16H13BrFNO/c17-13-5-4-11(15(18)8-13)9-19-7-6-14-12(10-20)2-1-3-16(14)19/h1-8,20H,9-10H2. The van der Waals surface area contributed by atoms with Crippen LogP contribution in [0.25, 0.3) is 10.9 Å². The lowest BCUT2D eigenvalue weighted by Gasteiger charge is -2.08. The minimum absolute atomic E-state index is 0.00793. The van der Waals surface area contributed by atoms with Gasteiger partial charge in [-0.15, -0.1) is 0 Å². The molecule has 0 unspecified atom stereocenters. The van der Waals surface area contributed by atoms with Gasteiger partial charge in [0.1, 0.15) is 5.82 Å². The van der Waals surface area contributed by atoms with E-state index in [9.17, 15) is 9.50 Å². The van der Waals surface area contributed by atoms with Gasteiger partial charge in [0.25, 0.3) is 0 Å². The highest BCUT2D eigenvalue weighted by Gasteiger charge is 2.08. The average Bonchev–Trinajstić information content (AvgIpc) is 2.85. The van der Waals surface area contributed by atoms with Gasteiger partial charge < -0.3 is 9.67 Å². The maximum Gasteiger partial charge on any atom is 0.129 e. The van der Waals surface area contributed by atoms with Crippen LogP contribution in [-0.2, 0) is 13.2 Å². The fourth-order valence-corrected chi connectivity index (χ4v) is 2.73. The van der Waals surface area contributed by atoms with E-state index >= 15 is 0 Å². The summed E-state index contributed by atoms with van der Waals surface area (Å²) >= 11 is 3.26. The van der Waals surface area contributed by atoms with Gasteiger partial charge in [-0.25, -0.2) is 4.39 Å². The summed E-state index contributed by atoms with van der Waals surface area (Å²) in [5.41, 5.74) is 2.52. The monoisotopic (exact) mass is 333 g/mol. The van der Waals surface area contributed by atoms with Crippen molar-refractivity contribution in [3.8, 4) is 0 Å². The van der Waals surface area contributed by atoms with Gasteiger partial charge in [-0.2, -0.15) is 0 Å². The van der Waals surface area contributed by atoms with Crippen LogP contribution in [0.2, 0.25) is 0 Å². The number of halogens is 2. The van der Waals surface area contributed by atoms with Crippen LogP contribution in [-0.4, -0.2) is 9.67 Å². The summed E-state index contributed by atoms with van der Waals surface area (Å²) in [6.07, 6.45) is 1.92. The third-order valence-corrected chi connectivity index (χ3v) is 3.92. The second-order valence-corrected chi connectivity index (χ2v) is 5.60. The Balaban J connectivity index is 2.03. The summed E-state index contributed by atoms with van der Waals surface area (Å²) in [5.74, 6) is -0.223. The first-order chi connectivity index (χ1) is 9.69. The molecule has 0 aliphatic heterocycles. The Kier molecular flexibility index (Phi) is 3.59. The van der Waals surface area contributed by atoms with Crippen molar-refractivity contribution in [3.63, 3.8) is 0 Å². The maximum absolute atomic E-state index is 13.9. The number of hydrogen-bond donors (Lipinski definition) is 1. The number of aliphatic hydroxyl groups excluding tert-OH is 1. The molecule has 3 aromatic rings. The predicted molar refractivity (Wildman–Crippen MR) is 81.1 cm³/mol. The number of benzene rings is 2. The van der Waals surface area contributed by atoms with E-state index in [1.807, 2.05) is 41.1 Å². The molecule has 0 spiro atoms. The number of hydrogen-bond acceptors (Lipinski definition) is 1. The Morgan fingerprint density at radius 3 is 2.70 bits per heavy atom. The smallest absolute Gasteiger partial charge is 0.129 e. The van der Waals surface area contributed by atoms with Crippen LogP contribution in [0.3, 0.4) is 0 Å². The number of fused-ring (bicyclic) bond motifs is 1. The van der Waals surface area contributed by atoms with Crippen molar-refractivity contribution in [3.05, 3.63) is 70.1 Å². The van der Waals surface area contributed by atoms with E-state index in [0.717, 1.165) is 20.9 Å². The molecule has 0 fully saturated rings. The Labute approximate surface area is 124 Å². The zero-order valence-electron chi connectivity index (χ0n) is 10.7. The molecule has 0 atom stereocenters. The molecule has 1 heterocycles. The lowest BCUT2D eigenvalue weighted by molar-refractivity contribution is 0.283. The summed E-state index contributed by atoms with van der Waals surface area (Å²) in [5, 5.41) is 10.3. The van der Waals surface area contributed by atoms with Crippen LogP contribution >= 0.6 is 15.9 Å². The highest BCUT2D eigenvalue weighted by molar-refractivity contribution is 9.10. The fraction of sp³-hybridized carbons (Fsp3) is 0.125. The number of aromatic nitrogens is 1. The molecule has 1 aromatic heterocycles. The third-order valence-electron chi connectivity index (χ3n) is 3.43. The van der Waals surface area contributed by atoms with Crippen LogP contribution < -0.4 is 0 Å². The molecule has 0 radical (unpaired) electrons. The van der Waals surface area contributed by atoms with Crippen molar-refractivity contribution in [1.82, 2.24) is 4.57 Å². The molecule has 0 aliphatic carbocycles. The molecule has 4 heteroatoms. The summed E-state index contributed by atoms with van der Waals surface area (Å²) in [4.78, 5) is 0. The van der Waals surface area contributed by atoms with Gasteiger partial charge >= 0.3 is 0 Å². The van der Waals surface area contributed by atoms with Crippen molar-refractivity contribution in [2.24, 2.45) is 0 Å². The van der Waals surface area contributed by atoms with Gasteiger partial charge in [-0.05, 0) is 29.8 Å². The second kappa shape index (κ2) is 5.38. The largest absolute Gasteiger partial charge is 0.392 e. The Bertz CT molecular complexity index is 766. The molecule has 0 bridgehead atoms. The lowest BCUT2D eigenvalue weighted by Crippen LogP contribution is -2.00. The van der Waals surface area contributed by atoms with Crippen molar-refractivity contribution in [1.29, 1.82) is 0 Å². The zero-order valence-corrected chi connectivity index (χ0v) is 12.3. The number of nitrogens with zero attached hydrogens (tertiary/aromatic N) is 1. The third kappa shape index (κ3) is 2.37. The quantitative estimate of drug-likeness (QED) is 0.767. The van der Waals surface area contributed by atoms with Crippen LogP contribution in [0.15, 0.2) is 53.1 Å². The zero-order chi connectivity index (χ0) is 14.1. The SMILES string of the molecule is OCc1cccc2c1ccn2Cc1ccc(Br)cc1F. The molecule has 3 rings (SSSR count). The fourth-order valence-electron chi connectivity index (χ4n) is 2.40. The van der Waals surface area contributed by atoms with E-state index in [-0.39, 0.29) is 12.4 Å². The normalized spacial score (nSPS) is 11.2. The van der Waals surface area contributed by atoms with Crippen LogP contribution in [0, 0.1) is 5.82 Å². The molecule has 0 aliphatic rings. The molecule has 0 saturated carbocycles. The van der Waals surface area contributed by atoms with E-state index in [1.165, 1.54) is 6.07 Å². The lowest BCUT2D eigenvalue weighted by atomic mass is 10.1. The van der Waals surface area contributed by atoms with E-state index in [4.69, 9.17) is 0 Å². The van der Waals surface area contributed by atoms with E-state index < -0.39 is 0 Å².